The van der Waals surface area contributed by atoms with Crippen LogP contribution in [-0.4, -0.2) is 6.61 Å². The van der Waals surface area contributed by atoms with Crippen LogP contribution in [0.5, 0.6) is 5.75 Å². The molecule has 0 amide bonds. The fourth-order valence-electron chi connectivity index (χ4n) is 1.01. The van der Waals surface area contributed by atoms with Gasteiger partial charge in [0.2, 0.25) is 0 Å². The molecule has 1 rings (SSSR count). The van der Waals surface area contributed by atoms with E-state index >= 15 is 0 Å². The lowest BCUT2D eigenvalue weighted by atomic mass is 9.99. The average molecular weight is 224 g/mol. The van der Waals surface area contributed by atoms with Crippen LogP contribution in [0.1, 0.15) is 26.3 Å². The van der Waals surface area contributed by atoms with Crippen molar-refractivity contribution in [3.8, 4) is 11.8 Å². The second-order valence-corrected chi connectivity index (χ2v) is 5.04. The van der Waals surface area contributed by atoms with Crippen molar-refractivity contribution in [1.29, 1.82) is 5.26 Å². The number of halogens is 1. The van der Waals surface area contributed by atoms with Crippen molar-refractivity contribution in [3.05, 3.63) is 28.8 Å². The Hall–Kier alpha value is -1.20. The minimum Gasteiger partial charge on any atom is -0.492 e. The predicted octanol–water partition coefficient (Wildman–Crippen LogP) is 3.64. The minimum absolute atomic E-state index is 0.0758. The molecule has 0 fully saturated rings. The number of rotatable bonds is 2. The summed E-state index contributed by atoms with van der Waals surface area (Å²) in [5.74, 6) is 0.594. The molecule has 0 saturated carbocycles. The maximum atomic E-state index is 8.88. The SMILES string of the molecule is CC(C)(C)COc1ccc(Cl)cc1C#N. The molecular weight excluding hydrogens is 210 g/mol. The molecule has 1 aromatic carbocycles. The zero-order valence-corrected chi connectivity index (χ0v) is 9.93. The van der Waals surface area contributed by atoms with Crippen molar-refractivity contribution < 1.29 is 4.74 Å². The molecule has 0 aliphatic rings. The van der Waals surface area contributed by atoms with Gasteiger partial charge in [-0.25, -0.2) is 0 Å². The molecule has 0 heterocycles. The minimum atomic E-state index is 0.0758. The summed E-state index contributed by atoms with van der Waals surface area (Å²) in [6.07, 6.45) is 0. The fourth-order valence-corrected chi connectivity index (χ4v) is 1.18. The average Bonchev–Trinajstić information content (AvgIpc) is 2.14. The molecule has 0 aromatic heterocycles. The molecule has 0 spiro atoms. The van der Waals surface area contributed by atoms with Crippen LogP contribution in [0.4, 0.5) is 0 Å². The van der Waals surface area contributed by atoms with Crippen LogP contribution in [0.3, 0.4) is 0 Å². The summed E-state index contributed by atoms with van der Waals surface area (Å²) in [7, 11) is 0. The first kappa shape index (κ1) is 11.9. The maximum absolute atomic E-state index is 8.88. The lowest BCUT2D eigenvalue weighted by molar-refractivity contribution is 0.197. The smallest absolute Gasteiger partial charge is 0.137 e. The van der Waals surface area contributed by atoms with Gasteiger partial charge in [-0.1, -0.05) is 32.4 Å². The van der Waals surface area contributed by atoms with Gasteiger partial charge in [-0.3, -0.25) is 0 Å². The summed E-state index contributed by atoms with van der Waals surface area (Å²) < 4.78 is 5.57. The van der Waals surface area contributed by atoms with Crippen LogP contribution in [0, 0.1) is 16.7 Å². The standard InChI is InChI=1S/C12H14ClNO/c1-12(2,3)8-15-11-5-4-10(13)6-9(11)7-14/h4-6H,8H2,1-3H3. The molecular formula is C12H14ClNO. The number of nitriles is 1. The summed E-state index contributed by atoms with van der Waals surface area (Å²) >= 11 is 5.78. The van der Waals surface area contributed by atoms with Gasteiger partial charge in [0, 0.05) is 5.02 Å². The molecule has 0 radical (unpaired) electrons. The van der Waals surface area contributed by atoms with Crippen molar-refractivity contribution in [1.82, 2.24) is 0 Å². The van der Waals surface area contributed by atoms with Crippen molar-refractivity contribution in [2.24, 2.45) is 5.41 Å². The van der Waals surface area contributed by atoms with Gasteiger partial charge in [0.1, 0.15) is 11.8 Å². The van der Waals surface area contributed by atoms with Gasteiger partial charge in [0.15, 0.2) is 0 Å². The highest BCUT2D eigenvalue weighted by Gasteiger charge is 2.12. The van der Waals surface area contributed by atoms with Gasteiger partial charge in [-0.15, -0.1) is 0 Å². The zero-order valence-electron chi connectivity index (χ0n) is 9.17. The maximum Gasteiger partial charge on any atom is 0.137 e. The van der Waals surface area contributed by atoms with Crippen molar-refractivity contribution in [3.63, 3.8) is 0 Å². The lowest BCUT2D eigenvalue weighted by Gasteiger charge is -2.19. The quantitative estimate of drug-likeness (QED) is 0.767. The van der Waals surface area contributed by atoms with E-state index in [2.05, 4.69) is 26.8 Å². The third-order valence-corrected chi connectivity index (χ3v) is 1.96. The highest BCUT2D eigenvalue weighted by molar-refractivity contribution is 6.30. The summed E-state index contributed by atoms with van der Waals surface area (Å²) in [4.78, 5) is 0. The molecule has 1 aromatic rings. The summed E-state index contributed by atoms with van der Waals surface area (Å²) in [6.45, 7) is 6.81. The first-order valence-electron chi connectivity index (χ1n) is 4.75. The Morgan fingerprint density at radius 2 is 2.07 bits per heavy atom. The van der Waals surface area contributed by atoms with Crippen molar-refractivity contribution in [2.75, 3.05) is 6.61 Å². The van der Waals surface area contributed by atoms with Crippen LogP contribution >= 0.6 is 11.6 Å². The second-order valence-electron chi connectivity index (χ2n) is 4.60. The molecule has 0 aliphatic carbocycles. The molecule has 0 saturated heterocycles. The van der Waals surface area contributed by atoms with E-state index in [9.17, 15) is 0 Å². The number of hydrogen-bond acceptors (Lipinski definition) is 2. The Kier molecular flexibility index (Phi) is 3.60. The van der Waals surface area contributed by atoms with E-state index in [-0.39, 0.29) is 5.41 Å². The Labute approximate surface area is 95.4 Å². The molecule has 0 aliphatic heterocycles. The number of benzene rings is 1. The Morgan fingerprint density at radius 1 is 1.40 bits per heavy atom. The molecule has 80 valence electrons. The van der Waals surface area contributed by atoms with Crippen LogP contribution in [0.15, 0.2) is 18.2 Å². The number of hydrogen-bond donors (Lipinski definition) is 0. The van der Waals surface area contributed by atoms with Crippen LogP contribution in [-0.2, 0) is 0 Å². The third kappa shape index (κ3) is 3.81. The van der Waals surface area contributed by atoms with Gasteiger partial charge >= 0.3 is 0 Å². The van der Waals surface area contributed by atoms with Crippen molar-refractivity contribution >= 4 is 11.6 Å². The third-order valence-electron chi connectivity index (χ3n) is 1.72. The van der Waals surface area contributed by atoms with Gasteiger partial charge in [-0.05, 0) is 23.6 Å². The van der Waals surface area contributed by atoms with E-state index in [0.29, 0.717) is 22.9 Å². The van der Waals surface area contributed by atoms with E-state index in [4.69, 9.17) is 21.6 Å². The van der Waals surface area contributed by atoms with Crippen LogP contribution < -0.4 is 4.74 Å². The van der Waals surface area contributed by atoms with E-state index in [1.807, 2.05) is 0 Å². The second kappa shape index (κ2) is 4.55. The first-order chi connectivity index (χ1) is 6.92. The normalized spacial score (nSPS) is 10.9. The summed E-state index contributed by atoms with van der Waals surface area (Å²) in [5.41, 5.74) is 0.554. The Bertz CT molecular complexity index is 388. The van der Waals surface area contributed by atoms with Crippen LogP contribution in [0.2, 0.25) is 5.02 Å². The van der Waals surface area contributed by atoms with E-state index < -0.39 is 0 Å². The molecule has 3 heteroatoms. The Balaban J connectivity index is 2.82. The molecule has 2 nitrogen and oxygen atoms in total. The summed E-state index contributed by atoms with van der Waals surface area (Å²) in [5, 5.41) is 9.43. The zero-order chi connectivity index (χ0) is 11.5. The molecule has 0 unspecified atom stereocenters. The Morgan fingerprint density at radius 3 is 2.60 bits per heavy atom. The van der Waals surface area contributed by atoms with Crippen molar-refractivity contribution in [2.45, 2.75) is 20.8 Å². The van der Waals surface area contributed by atoms with E-state index in [0.717, 1.165) is 0 Å². The van der Waals surface area contributed by atoms with Gasteiger partial charge in [-0.2, -0.15) is 5.26 Å². The monoisotopic (exact) mass is 223 g/mol. The van der Waals surface area contributed by atoms with Crippen LogP contribution in [0.25, 0.3) is 0 Å². The van der Waals surface area contributed by atoms with Gasteiger partial charge in [0.05, 0.1) is 12.2 Å². The molecule has 0 atom stereocenters. The van der Waals surface area contributed by atoms with E-state index in [1.54, 1.807) is 18.2 Å². The largest absolute Gasteiger partial charge is 0.492 e. The molecule has 15 heavy (non-hydrogen) atoms. The topological polar surface area (TPSA) is 33.0 Å². The molecule has 0 bridgehead atoms. The number of nitrogens with zero attached hydrogens (tertiary/aromatic N) is 1. The lowest BCUT2D eigenvalue weighted by Crippen LogP contribution is -2.17. The first-order valence-corrected chi connectivity index (χ1v) is 5.12. The molecule has 0 N–H and O–H groups in total. The fraction of sp³-hybridized carbons (Fsp3) is 0.417. The highest BCUT2D eigenvalue weighted by Crippen LogP contribution is 2.24. The van der Waals surface area contributed by atoms with Gasteiger partial charge < -0.3 is 4.74 Å². The highest BCUT2D eigenvalue weighted by atomic mass is 35.5. The summed E-state index contributed by atoms with van der Waals surface area (Å²) in [6, 6.07) is 7.13. The van der Waals surface area contributed by atoms with E-state index in [1.165, 1.54) is 0 Å². The number of ether oxygens (including phenoxy) is 1. The predicted molar refractivity (Wildman–Crippen MR) is 61.1 cm³/mol. The van der Waals surface area contributed by atoms with Gasteiger partial charge in [0.25, 0.3) is 0 Å².